The summed E-state index contributed by atoms with van der Waals surface area (Å²) in [5.41, 5.74) is 2.98. The highest BCUT2D eigenvalue weighted by atomic mass is 32.2. The molecule has 0 spiro atoms. The van der Waals surface area contributed by atoms with Gasteiger partial charge < -0.3 is 9.73 Å². The van der Waals surface area contributed by atoms with Crippen LogP contribution < -0.4 is 5.32 Å². The number of hydrogen-bond donors (Lipinski definition) is 1. The van der Waals surface area contributed by atoms with E-state index in [0.717, 1.165) is 33.3 Å². The number of thiazole rings is 1. The Kier molecular flexibility index (Phi) is 6.38. The summed E-state index contributed by atoms with van der Waals surface area (Å²) in [5, 5.41) is 16.8. The van der Waals surface area contributed by atoms with E-state index in [4.69, 9.17) is 4.42 Å². The van der Waals surface area contributed by atoms with Crippen molar-refractivity contribution in [3.05, 3.63) is 76.9 Å². The summed E-state index contributed by atoms with van der Waals surface area (Å²) in [4.78, 5) is 18.2. The zero-order valence-electron chi connectivity index (χ0n) is 17.6. The number of hydrogen-bond acceptors (Lipinski definition) is 8. The van der Waals surface area contributed by atoms with Crippen LogP contribution in [0.2, 0.25) is 0 Å². The molecule has 5 rings (SSSR count). The molecule has 166 valence electrons. The Labute approximate surface area is 202 Å². The number of nitrogens with zero attached hydrogens (tertiary/aromatic N) is 4. The summed E-state index contributed by atoms with van der Waals surface area (Å²) < 4.78 is 7.52. The molecule has 0 saturated carbocycles. The zero-order valence-corrected chi connectivity index (χ0v) is 20.0. The highest BCUT2D eigenvalue weighted by Crippen LogP contribution is 2.29. The lowest BCUT2D eigenvalue weighted by Gasteiger charge is -2.09. The highest BCUT2D eigenvalue weighted by molar-refractivity contribution is 7.99. The largest absolute Gasteiger partial charge is 0.467 e. The molecule has 0 aliphatic heterocycles. The van der Waals surface area contributed by atoms with Gasteiger partial charge in [-0.3, -0.25) is 9.36 Å². The fourth-order valence-electron chi connectivity index (χ4n) is 3.25. The molecule has 1 amide bonds. The standard InChI is InChI=1S/C23H19N5O2S3/c1-15-5-2-6-16(11-15)21-26-27-23(28(21)12-17-7-3-9-30-17)33-14-20(29)25-22-24-18(13-32-22)19-8-4-10-31-19/h2-11,13H,12,14H2,1H3,(H,24,25,29). The van der Waals surface area contributed by atoms with Gasteiger partial charge in [-0.05, 0) is 36.6 Å². The molecule has 4 heterocycles. The van der Waals surface area contributed by atoms with E-state index >= 15 is 0 Å². The number of aryl methyl sites for hydroxylation is 1. The molecule has 0 aliphatic carbocycles. The predicted molar refractivity (Wildman–Crippen MR) is 133 cm³/mol. The monoisotopic (exact) mass is 493 g/mol. The van der Waals surface area contributed by atoms with Crippen LogP contribution in [-0.2, 0) is 11.3 Å². The van der Waals surface area contributed by atoms with Crippen molar-refractivity contribution in [1.29, 1.82) is 0 Å². The SMILES string of the molecule is Cc1cccc(-c2nnc(SCC(=O)Nc3nc(-c4cccs4)cs3)n2Cc2ccco2)c1. The second-order valence-electron chi connectivity index (χ2n) is 7.19. The molecule has 1 N–H and O–H groups in total. The summed E-state index contributed by atoms with van der Waals surface area (Å²) in [6.45, 7) is 2.52. The highest BCUT2D eigenvalue weighted by Gasteiger charge is 2.18. The molecular formula is C23H19N5O2S3. The minimum Gasteiger partial charge on any atom is -0.467 e. The lowest BCUT2D eigenvalue weighted by atomic mass is 10.1. The maximum atomic E-state index is 12.6. The molecule has 5 aromatic rings. The maximum Gasteiger partial charge on any atom is 0.236 e. The third kappa shape index (κ3) is 5.08. The Balaban J connectivity index is 1.31. The molecule has 0 bridgehead atoms. The van der Waals surface area contributed by atoms with Gasteiger partial charge in [0, 0.05) is 10.9 Å². The van der Waals surface area contributed by atoms with Crippen molar-refractivity contribution < 1.29 is 9.21 Å². The number of anilines is 1. The molecule has 0 radical (unpaired) electrons. The first-order valence-corrected chi connectivity index (χ1v) is 12.8. The van der Waals surface area contributed by atoms with Crippen molar-refractivity contribution in [2.45, 2.75) is 18.6 Å². The second-order valence-corrected chi connectivity index (χ2v) is 9.94. The van der Waals surface area contributed by atoms with Crippen LogP contribution in [0.25, 0.3) is 22.0 Å². The maximum absolute atomic E-state index is 12.6. The van der Waals surface area contributed by atoms with Crippen LogP contribution in [-0.4, -0.2) is 31.4 Å². The minimum absolute atomic E-state index is 0.142. The topological polar surface area (TPSA) is 85.8 Å². The van der Waals surface area contributed by atoms with Gasteiger partial charge in [-0.2, -0.15) is 0 Å². The summed E-state index contributed by atoms with van der Waals surface area (Å²) in [7, 11) is 0. The first-order valence-electron chi connectivity index (χ1n) is 10.1. The van der Waals surface area contributed by atoms with E-state index in [1.807, 2.05) is 64.7 Å². The smallest absolute Gasteiger partial charge is 0.236 e. The number of rotatable bonds is 8. The summed E-state index contributed by atoms with van der Waals surface area (Å²) in [6, 6.07) is 15.9. The lowest BCUT2D eigenvalue weighted by Crippen LogP contribution is -2.14. The van der Waals surface area contributed by atoms with E-state index in [0.29, 0.717) is 16.8 Å². The van der Waals surface area contributed by atoms with Crippen LogP contribution in [0.1, 0.15) is 11.3 Å². The van der Waals surface area contributed by atoms with Crippen molar-refractivity contribution in [2.75, 3.05) is 11.1 Å². The van der Waals surface area contributed by atoms with Gasteiger partial charge in [0.2, 0.25) is 5.91 Å². The van der Waals surface area contributed by atoms with Crippen LogP contribution in [0.3, 0.4) is 0 Å². The fraction of sp³-hybridized carbons (Fsp3) is 0.130. The number of nitrogens with one attached hydrogen (secondary N) is 1. The molecule has 0 atom stereocenters. The van der Waals surface area contributed by atoms with Gasteiger partial charge in [0.1, 0.15) is 5.76 Å². The molecule has 4 aromatic heterocycles. The second kappa shape index (κ2) is 9.74. The molecule has 0 fully saturated rings. The van der Waals surface area contributed by atoms with Crippen LogP contribution in [0.4, 0.5) is 5.13 Å². The van der Waals surface area contributed by atoms with Crippen molar-refractivity contribution in [1.82, 2.24) is 19.7 Å². The van der Waals surface area contributed by atoms with Gasteiger partial charge in [0.05, 0.1) is 29.1 Å². The fourth-order valence-corrected chi connectivity index (χ4v) is 5.47. The van der Waals surface area contributed by atoms with Gasteiger partial charge in [0.15, 0.2) is 16.1 Å². The average Bonchev–Trinajstić information content (AvgIpc) is 3.60. The lowest BCUT2D eigenvalue weighted by molar-refractivity contribution is -0.113. The van der Waals surface area contributed by atoms with Crippen molar-refractivity contribution in [3.63, 3.8) is 0 Å². The van der Waals surface area contributed by atoms with Gasteiger partial charge >= 0.3 is 0 Å². The van der Waals surface area contributed by atoms with Crippen LogP contribution >= 0.6 is 34.4 Å². The van der Waals surface area contributed by atoms with Crippen LogP contribution in [0, 0.1) is 6.92 Å². The van der Waals surface area contributed by atoms with Crippen LogP contribution in [0.5, 0.6) is 0 Å². The number of thiophene rings is 1. The number of thioether (sulfide) groups is 1. The third-order valence-electron chi connectivity index (χ3n) is 4.74. The Hall–Kier alpha value is -3.21. The Bertz CT molecular complexity index is 1360. The summed E-state index contributed by atoms with van der Waals surface area (Å²) >= 11 is 4.37. The number of amides is 1. The summed E-state index contributed by atoms with van der Waals surface area (Å²) in [6.07, 6.45) is 1.64. The first-order chi connectivity index (χ1) is 16.2. The quantitative estimate of drug-likeness (QED) is 0.275. The normalized spacial score (nSPS) is 11.1. The van der Waals surface area contributed by atoms with E-state index in [-0.39, 0.29) is 11.7 Å². The number of aromatic nitrogens is 4. The molecule has 0 aliphatic rings. The Morgan fingerprint density at radius 3 is 2.88 bits per heavy atom. The molecule has 0 unspecified atom stereocenters. The van der Waals surface area contributed by atoms with Crippen molar-refractivity contribution in [3.8, 4) is 22.0 Å². The van der Waals surface area contributed by atoms with E-state index in [1.165, 1.54) is 23.1 Å². The molecule has 10 heteroatoms. The predicted octanol–water partition coefficient (Wildman–Crippen LogP) is 5.81. The Morgan fingerprint density at radius 1 is 1.15 bits per heavy atom. The van der Waals surface area contributed by atoms with E-state index < -0.39 is 0 Å². The number of carbonyl (C=O) groups is 1. The van der Waals surface area contributed by atoms with Crippen LogP contribution in [0.15, 0.2) is 75.1 Å². The summed E-state index contributed by atoms with van der Waals surface area (Å²) in [5.74, 6) is 1.58. The number of carbonyl (C=O) groups excluding carboxylic acids is 1. The number of benzene rings is 1. The zero-order chi connectivity index (χ0) is 22.6. The molecule has 33 heavy (non-hydrogen) atoms. The van der Waals surface area contributed by atoms with Crippen molar-refractivity contribution in [2.24, 2.45) is 0 Å². The molecule has 7 nitrogen and oxygen atoms in total. The van der Waals surface area contributed by atoms with Gasteiger partial charge in [0.25, 0.3) is 0 Å². The minimum atomic E-state index is -0.142. The van der Waals surface area contributed by atoms with E-state index in [1.54, 1.807) is 17.6 Å². The van der Waals surface area contributed by atoms with E-state index in [2.05, 4.69) is 26.6 Å². The van der Waals surface area contributed by atoms with Gasteiger partial charge in [-0.1, -0.05) is 41.6 Å². The van der Waals surface area contributed by atoms with Gasteiger partial charge in [-0.25, -0.2) is 4.98 Å². The van der Waals surface area contributed by atoms with Gasteiger partial charge in [-0.15, -0.1) is 32.9 Å². The van der Waals surface area contributed by atoms with Crippen molar-refractivity contribution >= 4 is 45.5 Å². The number of furan rings is 1. The average molecular weight is 494 g/mol. The third-order valence-corrected chi connectivity index (χ3v) is 7.36. The Morgan fingerprint density at radius 2 is 2.09 bits per heavy atom. The molecular weight excluding hydrogens is 474 g/mol. The molecule has 1 aromatic carbocycles. The van der Waals surface area contributed by atoms with E-state index in [9.17, 15) is 4.79 Å². The first kappa shape index (κ1) is 21.6. The molecule has 0 saturated heterocycles.